The summed E-state index contributed by atoms with van der Waals surface area (Å²) in [5, 5.41) is 2.71. The molecule has 1 aromatic carbocycles. The summed E-state index contributed by atoms with van der Waals surface area (Å²) in [7, 11) is 0. The van der Waals surface area contributed by atoms with E-state index in [0.717, 1.165) is 10.0 Å². The molecule has 0 bridgehead atoms. The quantitative estimate of drug-likeness (QED) is 0.843. The van der Waals surface area contributed by atoms with E-state index in [0.29, 0.717) is 11.4 Å². The molecule has 0 aliphatic rings. The lowest BCUT2D eigenvalue weighted by atomic mass is 10.2. The second kappa shape index (κ2) is 5.92. The predicted octanol–water partition coefficient (Wildman–Crippen LogP) is 2.14. The van der Waals surface area contributed by atoms with E-state index >= 15 is 0 Å². The topological polar surface area (TPSA) is 77.1 Å². The van der Waals surface area contributed by atoms with E-state index in [9.17, 15) is 9.59 Å². The SMILES string of the molecule is Cc1ccc(NC(=O)Cn2cc(Br)ccc2=O)cc1N. The van der Waals surface area contributed by atoms with Crippen molar-refractivity contribution in [2.24, 2.45) is 0 Å². The zero-order chi connectivity index (χ0) is 14.7. The van der Waals surface area contributed by atoms with Crippen LogP contribution in [0.15, 0.2) is 45.8 Å². The Kier molecular flexibility index (Phi) is 4.24. The molecule has 2 rings (SSSR count). The molecule has 104 valence electrons. The lowest BCUT2D eigenvalue weighted by Crippen LogP contribution is -2.26. The number of hydrogen-bond acceptors (Lipinski definition) is 3. The molecule has 5 nitrogen and oxygen atoms in total. The number of halogens is 1. The Morgan fingerprint density at radius 1 is 1.35 bits per heavy atom. The lowest BCUT2D eigenvalue weighted by Gasteiger charge is -2.09. The maximum absolute atomic E-state index is 11.9. The molecule has 2 aromatic rings. The molecular weight excluding hydrogens is 322 g/mol. The highest BCUT2D eigenvalue weighted by Gasteiger charge is 2.06. The summed E-state index contributed by atoms with van der Waals surface area (Å²) in [4.78, 5) is 23.5. The molecule has 20 heavy (non-hydrogen) atoms. The summed E-state index contributed by atoms with van der Waals surface area (Å²) in [5.74, 6) is -0.284. The van der Waals surface area contributed by atoms with Gasteiger partial charge in [-0.3, -0.25) is 9.59 Å². The largest absolute Gasteiger partial charge is 0.398 e. The molecule has 1 heterocycles. The summed E-state index contributed by atoms with van der Waals surface area (Å²) in [5.41, 5.74) is 7.73. The van der Waals surface area contributed by atoms with Gasteiger partial charge in [0, 0.05) is 28.1 Å². The van der Waals surface area contributed by atoms with Gasteiger partial charge in [-0.05, 0) is 46.6 Å². The number of carbonyl (C=O) groups excluding carboxylic acids is 1. The first-order chi connectivity index (χ1) is 9.45. The number of nitrogens with zero attached hydrogens (tertiary/aromatic N) is 1. The summed E-state index contributed by atoms with van der Waals surface area (Å²) in [6.07, 6.45) is 1.57. The molecule has 0 atom stereocenters. The number of amides is 1. The van der Waals surface area contributed by atoms with Gasteiger partial charge < -0.3 is 15.6 Å². The molecule has 0 fully saturated rings. The van der Waals surface area contributed by atoms with Gasteiger partial charge in [0.25, 0.3) is 5.56 Å². The minimum absolute atomic E-state index is 0.0495. The van der Waals surface area contributed by atoms with Crippen molar-refractivity contribution in [1.29, 1.82) is 0 Å². The Hall–Kier alpha value is -2.08. The van der Waals surface area contributed by atoms with E-state index in [4.69, 9.17) is 5.73 Å². The number of aromatic nitrogens is 1. The molecule has 0 unspecified atom stereocenters. The fourth-order valence-corrected chi connectivity index (χ4v) is 2.08. The number of benzene rings is 1. The van der Waals surface area contributed by atoms with Crippen LogP contribution in [0.2, 0.25) is 0 Å². The molecule has 1 aromatic heterocycles. The fourth-order valence-electron chi connectivity index (χ4n) is 1.70. The summed E-state index contributed by atoms with van der Waals surface area (Å²) in [6, 6.07) is 8.33. The van der Waals surface area contributed by atoms with Crippen LogP contribution >= 0.6 is 15.9 Å². The normalized spacial score (nSPS) is 10.3. The minimum Gasteiger partial charge on any atom is -0.398 e. The molecule has 6 heteroatoms. The average Bonchev–Trinajstić information content (AvgIpc) is 2.38. The highest BCUT2D eigenvalue weighted by molar-refractivity contribution is 9.10. The van der Waals surface area contributed by atoms with Gasteiger partial charge in [-0.1, -0.05) is 6.07 Å². The second-order valence-electron chi connectivity index (χ2n) is 4.43. The Morgan fingerprint density at radius 2 is 2.10 bits per heavy atom. The number of rotatable bonds is 3. The average molecular weight is 336 g/mol. The van der Waals surface area contributed by atoms with E-state index in [1.54, 1.807) is 24.4 Å². The molecule has 3 N–H and O–H groups in total. The van der Waals surface area contributed by atoms with Gasteiger partial charge in [-0.15, -0.1) is 0 Å². The third kappa shape index (κ3) is 3.48. The van der Waals surface area contributed by atoms with Crippen LogP contribution in [-0.2, 0) is 11.3 Å². The third-order valence-electron chi connectivity index (χ3n) is 2.82. The summed E-state index contributed by atoms with van der Waals surface area (Å²) >= 11 is 3.26. The van der Waals surface area contributed by atoms with Crippen molar-refractivity contribution in [2.45, 2.75) is 13.5 Å². The standard InChI is InChI=1S/C14H14BrN3O2/c1-9-2-4-11(6-12(9)16)17-13(19)8-18-7-10(15)3-5-14(18)20/h2-7H,8,16H2,1H3,(H,17,19). The van der Waals surface area contributed by atoms with Gasteiger partial charge in [0.15, 0.2) is 0 Å². The van der Waals surface area contributed by atoms with Crippen molar-refractivity contribution in [3.05, 3.63) is 56.9 Å². The number of nitrogen functional groups attached to an aromatic ring is 1. The monoisotopic (exact) mass is 335 g/mol. The lowest BCUT2D eigenvalue weighted by molar-refractivity contribution is -0.116. The number of nitrogens with one attached hydrogen (secondary N) is 1. The van der Waals surface area contributed by atoms with Crippen LogP contribution in [0.5, 0.6) is 0 Å². The van der Waals surface area contributed by atoms with Crippen LogP contribution in [0.4, 0.5) is 11.4 Å². The minimum atomic E-state index is -0.284. The molecule has 0 aliphatic carbocycles. The van der Waals surface area contributed by atoms with Crippen LogP contribution in [-0.4, -0.2) is 10.5 Å². The van der Waals surface area contributed by atoms with Crippen molar-refractivity contribution in [2.75, 3.05) is 11.1 Å². The van der Waals surface area contributed by atoms with Crippen LogP contribution in [0, 0.1) is 6.92 Å². The van der Waals surface area contributed by atoms with Crippen molar-refractivity contribution < 1.29 is 4.79 Å². The molecule has 0 radical (unpaired) electrons. The number of nitrogens with two attached hydrogens (primary N) is 1. The van der Waals surface area contributed by atoms with Gasteiger partial charge in [0.2, 0.25) is 5.91 Å². The molecule has 0 saturated heterocycles. The van der Waals surface area contributed by atoms with Crippen molar-refractivity contribution >= 4 is 33.2 Å². The maximum atomic E-state index is 11.9. The Morgan fingerprint density at radius 3 is 2.80 bits per heavy atom. The Balaban J connectivity index is 2.11. The van der Waals surface area contributed by atoms with E-state index in [1.165, 1.54) is 10.6 Å². The van der Waals surface area contributed by atoms with Crippen LogP contribution in [0.25, 0.3) is 0 Å². The molecule has 0 saturated carbocycles. The number of hydrogen-bond donors (Lipinski definition) is 2. The fraction of sp³-hybridized carbons (Fsp3) is 0.143. The third-order valence-corrected chi connectivity index (χ3v) is 3.29. The van der Waals surface area contributed by atoms with Crippen LogP contribution in [0.3, 0.4) is 0 Å². The van der Waals surface area contributed by atoms with E-state index in [-0.39, 0.29) is 18.0 Å². The number of pyridine rings is 1. The van der Waals surface area contributed by atoms with Gasteiger partial charge in [0.1, 0.15) is 6.54 Å². The van der Waals surface area contributed by atoms with Crippen molar-refractivity contribution in [3.8, 4) is 0 Å². The number of aryl methyl sites for hydroxylation is 1. The van der Waals surface area contributed by atoms with E-state index < -0.39 is 0 Å². The molecule has 0 aliphatic heterocycles. The molecule has 1 amide bonds. The van der Waals surface area contributed by atoms with E-state index in [2.05, 4.69) is 21.2 Å². The first-order valence-corrected chi connectivity index (χ1v) is 6.77. The maximum Gasteiger partial charge on any atom is 0.251 e. The second-order valence-corrected chi connectivity index (χ2v) is 5.35. The van der Waals surface area contributed by atoms with Crippen LogP contribution < -0.4 is 16.6 Å². The molecule has 0 spiro atoms. The highest BCUT2D eigenvalue weighted by atomic mass is 79.9. The zero-order valence-corrected chi connectivity index (χ0v) is 12.5. The summed E-state index contributed by atoms with van der Waals surface area (Å²) in [6.45, 7) is 1.84. The van der Waals surface area contributed by atoms with Crippen LogP contribution in [0.1, 0.15) is 5.56 Å². The van der Waals surface area contributed by atoms with Gasteiger partial charge >= 0.3 is 0 Å². The predicted molar refractivity (Wildman–Crippen MR) is 82.6 cm³/mol. The Labute approximate surface area is 124 Å². The van der Waals surface area contributed by atoms with Crippen molar-refractivity contribution in [1.82, 2.24) is 4.57 Å². The number of carbonyl (C=O) groups is 1. The van der Waals surface area contributed by atoms with Gasteiger partial charge in [-0.2, -0.15) is 0 Å². The zero-order valence-electron chi connectivity index (χ0n) is 10.9. The Bertz CT molecular complexity index is 710. The van der Waals surface area contributed by atoms with Crippen molar-refractivity contribution in [3.63, 3.8) is 0 Å². The van der Waals surface area contributed by atoms with Gasteiger partial charge in [0.05, 0.1) is 0 Å². The van der Waals surface area contributed by atoms with Gasteiger partial charge in [-0.25, -0.2) is 0 Å². The van der Waals surface area contributed by atoms with E-state index in [1.807, 2.05) is 13.0 Å². The highest BCUT2D eigenvalue weighted by Crippen LogP contribution is 2.16. The summed E-state index contributed by atoms with van der Waals surface area (Å²) < 4.78 is 2.07. The molecular formula is C14H14BrN3O2. The smallest absolute Gasteiger partial charge is 0.251 e. The number of anilines is 2. The first-order valence-electron chi connectivity index (χ1n) is 5.97. The first kappa shape index (κ1) is 14.3.